The summed E-state index contributed by atoms with van der Waals surface area (Å²) in [4.78, 5) is 16.4. The normalized spacial score (nSPS) is 10.5. The van der Waals surface area contributed by atoms with E-state index in [1.807, 2.05) is 0 Å². The first-order valence-corrected chi connectivity index (χ1v) is 7.70. The number of nitrogens with zero attached hydrogens (tertiary/aromatic N) is 2. The zero-order chi connectivity index (χ0) is 17.1. The third kappa shape index (κ3) is 3.67. The van der Waals surface area contributed by atoms with E-state index in [9.17, 15) is 4.79 Å². The van der Waals surface area contributed by atoms with E-state index in [-0.39, 0.29) is 5.91 Å². The number of amides is 1. The lowest BCUT2D eigenvalue weighted by Crippen LogP contribution is -2.12. The highest BCUT2D eigenvalue weighted by atomic mass is 35.5. The third-order valence-electron chi connectivity index (χ3n) is 3.11. The lowest BCUT2D eigenvalue weighted by molar-refractivity contribution is 0.102. The van der Waals surface area contributed by atoms with Crippen LogP contribution < -0.4 is 10.6 Å². The summed E-state index contributed by atoms with van der Waals surface area (Å²) < 4.78 is 4.91. The summed E-state index contributed by atoms with van der Waals surface area (Å²) in [6.07, 6.45) is 1.51. The van der Waals surface area contributed by atoms with Crippen LogP contribution in [0.5, 0.6) is 0 Å². The fourth-order valence-corrected chi connectivity index (χ4v) is 2.49. The zero-order valence-electron chi connectivity index (χ0n) is 12.5. The van der Waals surface area contributed by atoms with Crippen molar-refractivity contribution in [2.75, 3.05) is 10.6 Å². The highest BCUT2D eigenvalue weighted by molar-refractivity contribution is 6.39. The fourth-order valence-electron chi connectivity index (χ4n) is 2.00. The summed E-state index contributed by atoms with van der Waals surface area (Å²) in [5.41, 5.74) is 0.925. The number of rotatable bonds is 4. The Labute approximate surface area is 147 Å². The Hall–Kier alpha value is -2.57. The molecular formula is C16H12Cl2N4O2. The molecule has 0 saturated carbocycles. The highest BCUT2D eigenvalue weighted by Gasteiger charge is 2.11. The van der Waals surface area contributed by atoms with Gasteiger partial charge in [0.25, 0.3) is 5.91 Å². The first-order valence-electron chi connectivity index (χ1n) is 6.94. The Morgan fingerprint density at radius 1 is 1.12 bits per heavy atom. The Balaban J connectivity index is 1.80. The molecule has 0 radical (unpaired) electrons. The molecule has 2 heterocycles. The largest absolute Gasteiger partial charge is 0.360 e. The molecule has 2 N–H and O–H groups in total. The smallest absolute Gasteiger partial charge is 0.257 e. The molecule has 24 heavy (non-hydrogen) atoms. The van der Waals surface area contributed by atoms with Crippen LogP contribution in [-0.2, 0) is 0 Å². The maximum atomic E-state index is 12.3. The fraction of sp³-hybridized carbons (Fsp3) is 0.0625. The number of halogens is 2. The van der Waals surface area contributed by atoms with Crippen molar-refractivity contribution >= 4 is 46.4 Å². The number of pyridine rings is 1. The van der Waals surface area contributed by atoms with Crippen molar-refractivity contribution in [2.24, 2.45) is 0 Å². The van der Waals surface area contributed by atoms with Crippen molar-refractivity contribution in [1.29, 1.82) is 0 Å². The van der Waals surface area contributed by atoms with Crippen LogP contribution in [-0.4, -0.2) is 16.0 Å². The molecular weight excluding hydrogens is 351 g/mol. The second-order valence-electron chi connectivity index (χ2n) is 4.93. The quantitative estimate of drug-likeness (QED) is 0.704. The van der Waals surface area contributed by atoms with Crippen molar-refractivity contribution in [1.82, 2.24) is 10.1 Å². The highest BCUT2D eigenvalue weighted by Crippen LogP contribution is 2.32. The van der Waals surface area contributed by atoms with Crippen LogP contribution >= 0.6 is 23.2 Å². The molecule has 0 saturated heterocycles. The van der Waals surface area contributed by atoms with Gasteiger partial charge in [0.2, 0.25) is 0 Å². The maximum absolute atomic E-state index is 12.3. The van der Waals surface area contributed by atoms with Gasteiger partial charge < -0.3 is 15.2 Å². The Morgan fingerprint density at radius 3 is 2.54 bits per heavy atom. The van der Waals surface area contributed by atoms with Crippen LogP contribution in [0.2, 0.25) is 10.0 Å². The monoisotopic (exact) mass is 362 g/mol. The van der Waals surface area contributed by atoms with E-state index in [2.05, 4.69) is 20.8 Å². The van der Waals surface area contributed by atoms with Crippen LogP contribution in [0.1, 0.15) is 16.1 Å². The number of benzene rings is 1. The molecule has 2 aromatic heterocycles. The van der Waals surface area contributed by atoms with Crippen LogP contribution in [0.4, 0.5) is 17.3 Å². The number of hydrogen-bond acceptors (Lipinski definition) is 5. The summed E-state index contributed by atoms with van der Waals surface area (Å²) in [6, 6.07) is 9.96. The molecule has 0 fully saturated rings. The number of aryl methyl sites for hydroxylation is 1. The second-order valence-corrected chi connectivity index (χ2v) is 5.74. The molecule has 1 amide bonds. The van der Waals surface area contributed by atoms with E-state index in [0.29, 0.717) is 38.7 Å². The van der Waals surface area contributed by atoms with E-state index in [0.717, 1.165) is 0 Å². The molecule has 0 bridgehead atoms. The van der Waals surface area contributed by atoms with Gasteiger partial charge in [-0.1, -0.05) is 34.4 Å². The number of carbonyl (C=O) groups is 1. The molecule has 0 aliphatic heterocycles. The minimum Gasteiger partial charge on any atom is -0.360 e. The maximum Gasteiger partial charge on any atom is 0.257 e. The van der Waals surface area contributed by atoms with Crippen molar-refractivity contribution in [2.45, 2.75) is 6.92 Å². The molecule has 1 aromatic carbocycles. The van der Waals surface area contributed by atoms with Gasteiger partial charge in [-0.25, -0.2) is 4.98 Å². The second kappa shape index (κ2) is 6.90. The van der Waals surface area contributed by atoms with Crippen LogP contribution in [0.25, 0.3) is 0 Å². The molecule has 3 aromatic rings. The third-order valence-corrected chi connectivity index (χ3v) is 3.74. The number of hydrogen-bond donors (Lipinski definition) is 2. The summed E-state index contributed by atoms with van der Waals surface area (Å²) in [5.74, 6) is 1.06. The van der Waals surface area contributed by atoms with Crippen molar-refractivity contribution in [3.8, 4) is 0 Å². The van der Waals surface area contributed by atoms with Gasteiger partial charge in [0.15, 0.2) is 5.82 Å². The van der Waals surface area contributed by atoms with E-state index in [1.54, 1.807) is 43.3 Å². The molecule has 6 nitrogen and oxygen atoms in total. The predicted molar refractivity (Wildman–Crippen MR) is 93.2 cm³/mol. The number of carbonyl (C=O) groups excluding carboxylic acids is 1. The molecule has 0 spiro atoms. The summed E-state index contributed by atoms with van der Waals surface area (Å²) in [7, 11) is 0. The van der Waals surface area contributed by atoms with E-state index in [1.165, 1.54) is 6.20 Å². The molecule has 122 valence electrons. The van der Waals surface area contributed by atoms with Gasteiger partial charge in [-0.2, -0.15) is 0 Å². The van der Waals surface area contributed by atoms with Crippen LogP contribution in [0.3, 0.4) is 0 Å². The van der Waals surface area contributed by atoms with Crippen LogP contribution in [0.15, 0.2) is 47.1 Å². The standard InChI is InChI=1S/C16H12Cl2N4O2/c1-9-7-14(22-24-9)21-16(23)10-5-6-19-13(8-10)20-15-11(17)3-2-4-12(15)18/h2-8H,1H3,(H,19,20)(H,21,22,23). The van der Waals surface area contributed by atoms with Crippen molar-refractivity contribution < 1.29 is 9.32 Å². The number of anilines is 3. The minimum absolute atomic E-state index is 0.334. The first-order chi connectivity index (χ1) is 11.5. The predicted octanol–water partition coefficient (Wildman–Crippen LogP) is 4.68. The topological polar surface area (TPSA) is 80.0 Å². The van der Waals surface area contributed by atoms with E-state index in [4.69, 9.17) is 27.7 Å². The lowest BCUT2D eigenvalue weighted by atomic mass is 10.2. The molecule has 0 aliphatic carbocycles. The average molecular weight is 363 g/mol. The molecule has 0 aliphatic rings. The van der Waals surface area contributed by atoms with Gasteiger partial charge in [-0.3, -0.25) is 4.79 Å². The van der Waals surface area contributed by atoms with Crippen molar-refractivity contribution in [3.05, 3.63) is 64.0 Å². The summed E-state index contributed by atoms with van der Waals surface area (Å²) in [6.45, 7) is 1.74. The molecule has 3 rings (SSSR count). The number of para-hydroxylation sites is 1. The Morgan fingerprint density at radius 2 is 1.88 bits per heavy atom. The Kier molecular flexibility index (Phi) is 4.69. The van der Waals surface area contributed by atoms with Crippen LogP contribution in [0, 0.1) is 6.92 Å². The van der Waals surface area contributed by atoms with Gasteiger partial charge in [0.1, 0.15) is 11.6 Å². The lowest BCUT2D eigenvalue weighted by Gasteiger charge is -2.10. The average Bonchev–Trinajstić information content (AvgIpc) is 2.96. The van der Waals surface area contributed by atoms with Gasteiger partial charge in [-0.15, -0.1) is 0 Å². The molecule has 8 heteroatoms. The zero-order valence-corrected chi connectivity index (χ0v) is 14.0. The van der Waals surface area contributed by atoms with Gasteiger partial charge >= 0.3 is 0 Å². The first kappa shape index (κ1) is 16.3. The summed E-state index contributed by atoms with van der Waals surface area (Å²) in [5, 5.41) is 10.3. The summed E-state index contributed by atoms with van der Waals surface area (Å²) >= 11 is 12.2. The van der Waals surface area contributed by atoms with Gasteiger partial charge in [0.05, 0.1) is 15.7 Å². The Bertz CT molecular complexity index is 875. The number of nitrogens with one attached hydrogen (secondary N) is 2. The molecule has 0 atom stereocenters. The van der Waals surface area contributed by atoms with Gasteiger partial charge in [0, 0.05) is 17.8 Å². The minimum atomic E-state index is -0.334. The van der Waals surface area contributed by atoms with Gasteiger partial charge in [-0.05, 0) is 31.2 Å². The number of aromatic nitrogens is 2. The van der Waals surface area contributed by atoms with E-state index >= 15 is 0 Å². The molecule has 0 unspecified atom stereocenters. The van der Waals surface area contributed by atoms with E-state index < -0.39 is 0 Å². The SMILES string of the molecule is Cc1cc(NC(=O)c2ccnc(Nc3c(Cl)cccc3Cl)c2)no1. The van der Waals surface area contributed by atoms with Crippen molar-refractivity contribution in [3.63, 3.8) is 0 Å².